The highest BCUT2D eigenvalue weighted by molar-refractivity contribution is 5.99. The molecule has 2 heterocycles. The molecule has 0 spiro atoms. The Bertz CT molecular complexity index is 1010. The van der Waals surface area contributed by atoms with Crippen molar-refractivity contribution in [1.29, 1.82) is 0 Å². The Balaban J connectivity index is 1.43. The normalized spacial score (nSPS) is 16.2. The minimum atomic E-state index is -0.188. The molecule has 0 bridgehead atoms. The summed E-state index contributed by atoms with van der Waals surface area (Å²) in [6.45, 7) is 0.0883. The van der Waals surface area contributed by atoms with Gasteiger partial charge in [-0.15, -0.1) is 0 Å². The number of likely N-dealkylation sites (tertiary alicyclic amines) is 1. The van der Waals surface area contributed by atoms with E-state index in [-0.39, 0.29) is 30.9 Å². The number of hydrogen-bond acceptors (Lipinski definition) is 6. The predicted molar refractivity (Wildman–Crippen MR) is 110 cm³/mol. The van der Waals surface area contributed by atoms with Crippen LogP contribution in [-0.2, 0) is 17.6 Å². The van der Waals surface area contributed by atoms with Crippen molar-refractivity contribution < 1.29 is 19.2 Å². The SMILES string of the molecule is O=C1C[C@@H](CCc2nc(CCO)no2)N(C(=O)c2ccc(-c3ccccc3)cc2)C1. The number of aromatic nitrogens is 2. The maximum Gasteiger partial charge on any atom is 0.254 e. The molecule has 0 unspecified atom stereocenters. The second kappa shape index (κ2) is 9.00. The first-order valence-corrected chi connectivity index (χ1v) is 10.0. The number of amides is 1. The zero-order chi connectivity index (χ0) is 20.9. The number of Topliss-reactive ketones (excluding diaryl/α,β-unsaturated/α-hetero) is 1. The average Bonchev–Trinajstić information content (AvgIpc) is 3.38. The maximum absolute atomic E-state index is 13.0. The summed E-state index contributed by atoms with van der Waals surface area (Å²) in [6.07, 6.45) is 1.73. The number of carbonyl (C=O) groups is 2. The Hall–Kier alpha value is -3.32. The van der Waals surface area contributed by atoms with E-state index in [9.17, 15) is 9.59 Å². The number of nitrogens with zero attached hydrogens (tertiary/aromatic N) is 3. The quantitative estimate of drug-likeness (QED) is 0.649. The molecule has 1 fully saturated rings. The Kier molecular flexibility index (Phi) is 5.99. The lowest BCUT2D eigenvalue weighted by atomic mass is 10.0. The van der Waals surface area contributed by atoms with Crippen LogP contribution in [0.3, 0.4) is 0 Å². The zero-order valence-corrected chi connectivity index (χ0v) is 16.5. The summed E-state index contributed by atoms with van der Waals surface area (Å²) in [7, 11) is 0. The predicted octanol–water partition coefficient (Wildman–Crippen LogP) is 2.69. The van der Waals surface area contributed by atoms with Gasteiger partial charge < -0.3 is 14.5 Å². The van der Waals surface area contributed by atoms with E-state index < -0.39 is 0 Å². The van der Waals surface area contributed by atoms with Gasteiger partial charge >= 0.3 is 0 Å². The number of aryl methyl sites for hydroxylation is 1. The summed E-state index contributed by atoms with van der Waals surface area (Å²) >= 11 is 0. The first kappa shape index (κ1) is 20.0. The monoisotopic (exact) mass is 405 g/mol. The molecule has 1 N–H and O–H groups in total. The first-order chi connectivity index (χ1) is 14.6. The van der Waals surface area contributed by atoms with Crippen molar-refractivity contribution in [2.45, 2.75) is 31.7 Å². The number of rotatable bonds is 7. The summed E-state index contributed by atoms with van der Waals surface area (Å²) in [5.74, 6) is 0.830. The lowest BCUT2D eigenvalue weighted by molar-refractivity contribution is -0.116. The molecule has 1 amide bonds. The molecule has 7 nitrogen and oxygen atoms in total. The number of hydrogen-bond donors (Lipinski definition) is 1. The van der Waals surface area contributed by atoms with Crippen LogP contribution in [0.2, 0.25) is 0 Å². The van der Waals surface area contributed by atoms with E-state index in [0.717, 1.165) is 11.1 Å². The number of ketones is 1. The highest BCUT2D eigenvalue weighted by atomic mass is 16.5. The highest BCUT2D eigenvalue weighted by Gasteiger charge is 2.34. The van der Waals surface area contributed by atoms with E-state index in [2.05, 4.69) is 10.1 Å². The molecule has 1 saturated heterocycles. The van der Waals surface area contributed by atoms with Crippen molar-refractivity contribution in [2.24, 2.45) is 0 Å². The van der Waals surface area contributed by atoms with Gasteiger partial charge in [0.25, 0.3) is 5.91 Å². The van der Waals surface area contributed by atoms with Crippen LogP contribution in [-0.4, -0.2) is 51.0 Å². The fourth-order valence-electron chi connectivity index (χ4n) is 3.74. The second-order valence-corrected chi connectivity index (χ2v) is 7.39. The second-order valence-electron chi connectivity index (χ2n) is 7.39. The molecule has 0 radical (unpaired) electrons. The molecule has 2 aromatic carbocycles. The van der Waals surface area contributed by atoms with E-state index in [0.29, 0.717) is 43.0 Å². The Labute approximate surface area is 174 Å². The molecule has 1 aromatic heterocycles. The maximum atomic E-state index is 13.0. The van der Waals surface area contributed by atoms with Gasteiger partial charge in [0.05, 0.1) is 13.2 Å². The van der Waals surface area contributed by atoms with E-state index in [1.54, 1.807) is 4.90 Å². The third-order valence-corrected chi connectivity index (χ3v) is 5.29. The van der Waals surface area contributed by atoms with Gasteiger partial charge in [0.2, 0.25) is 5.89 Å². The molecule has 1 aliphatic heterocycles. The molecule has 7 heteroatoms. The molecule has 1 atom stereocenters. The van der Waals surface area contributed by atoms with Gasteiger partial charge in [0.15, 0.2) is 11.6 Å². The topological polar surface area (TPSA) is 96.5 Å². The van der Waals surface area contributed by atoms with Crippen LogP contribution in [0.25, 0.3) is 11.1 Å². The molecule has 1 aliphatic rings. The lowest BCUT2D eigenvalue weighted by Crippen LogP contribution is -2.36. The minimum absolute atomic E-state index is 0.0402. The number of aliphatic hydroxyl groups is 1. The highest BCUT2D eigenvalue weighted by Crippen LogP contribution is 2.24. The smallest absolute Gasteiger partial charge is 0.254 e. The fourth-order valence-corrected chi connectivity index (χ4v) is 3.74. The van der Waals surface area contributed by atoms with Gasteiger partial charge in [-0.2, -0.15) is 4.98 Å². The van der Waals surface area contributed by atoms with Gasteiger partial charge in [-0.1, -0.05) is 47.6 Å². The lowest BCUT2D eigenvalue weighted by Gasteiger charge is -2.23. The molecular weight excluding hydrogens is 382 g/mol. The van der Waals surface area contributed by atoms with Crippen LogP contribution in [0.4, 0.5) is 0 Å². The van der Waals surface area contributed by atoms with Crippen LogP contribution >= 0.6 is 0 Å². The first-order valence-electron chi connectivity index (χ1n) is 10.0. The molecule has 4 rings (SSSR count). The fraction of sp³-hybridized carbons (Fsp3) is 0.304. The summed E-state index contributed by atoms with van der Waals surface area (Å²) in [4.78, 5) is 31.0. The number of benzene rings is 2. The van der Waals surface area contributed by atoms with Gasteiger partial charge in [-0.25, -0.2) is 0 Å². The number of carbonyl (C=O) groups excluding carboxylic acids is 2. The van der Waals surface area contributed by atoms with E-state index in [1.165, 1.54) is 0 Å². The summed E-state index contributed by atoms with van der Waals surface area (Å²) < 4.78 is 5.18. The molecular formula is C23H23N3O4. The van der Waals surface area contributed by atoms with Crippen LogP contribution in [0.15, 0.2) is 59.1 Å². The van der Waals surface area contributed by atoms with Crippen molar-refractivity contribution in [1.82, 2.24) is 15.0 Å². The number of aliphatic hydroxyl groups excluding tert-OH is 1. The summed E-state index contributed by atoms with van der Waals surface area (Å²) in [6, 6.07) is 17.3. The Morgan fingerprint density at radius 1 is 1.07 bits per heavy atom. The van der Waals surface area contributed by atoms with Gasteiger partial charge in [0.1, 0.15) is 0 Å². The van der Waals surface area contributed by atoms with Crippen molar-refractivity contribution in [3.8, 4) is 11.1 Å². The summed E-state index contributed by atoms with van der Waals surface area (Å²) in [5, 5.41) is 12.8. The van der Waals surface area contributed by atoms with Crippen molar-refractivity contribution in [2.75, 3.05) is 13.2 Å². The van der Waals surface area contributed by atoms with Crippen molar-refractivity contribution >= 4 is 11.7 Å². The van der Waals surface area contributed by atoms with Crippen LogP contribution in [0.1, 0.15) is 34.9 Å². The molecule has 30 heavy (non-hydrogen) atoms. The molecule has 0 aliphatic carbocycles. The van der Waals surface area contributed by atoms with Crippen molar-refractivity contribution in [3.63, 3.8) is 0 Å². The third kappa shape index (κ3) is 4.46. The van der Waals surface area contributed by atoms with Gasteiger partial charge in [-0.05, 0) is 29.7 Å². The largest absolute Gasteiger partial charge is 0.396 e. The van der Waals surface area contributed by atoms with E-state index >= 15 is 0 Å². The van der Waals surface area contributed by atoms with E-state index in [4.69, 9.17) is 9.63 Å². The van der Waals surface area contributed by atoms with Crippen LogP contribution < -0.4 is 0 Å². The van der Waals surface area contributed by atoms with Crippen molar-refractivity contribution in [3.05, 3.63) is 71.9 Å². The Morgan fingerprint density at radius 2 is 1.80 bits per heavy atom. The van der Waals surface area contributed by atoms with Crippen LogP contribution in [0.5, 0.6) is 0 Å². The average molecular weight is 405 g/mol. The standard InChI is InChI=1S/C23H23N3O4/c27-13-12-21-24-22(30-25-21)11-10-19-14-20(28)15-26(19)23(29)18-8-6-17(7-9-18)16-4-2-1-3-5-16/h1-9,19,27H,10-15H2/t19-/m1/s1. The molecule has 154 valence electrons. The van der Waals surface area contributed by atoms with Crippen LogP contribution in [0, 0.1) is 0 Å². The molecule has 3 aromatic rings. The minimum Gasteiger partial charge on any atom is -0.396 e. The Morgan fingerprint density at radius 3 is 2.53 bits per heavy atom. The molecule has 0 saturated carbocycles. The zero-order valence-electron chi connectivity index (χ0n) is 16.5. The summed E-state index contributed by atoms with van der Waals surface area (Å²) in [5.41, 5.74) is 2.69. The van der Waals surface area contributed by atoms with Gasteiger partial charge in [-0.3, -0.25) is 9.59 Å². The van der Waals surface area contributed by atoms with Gasteiger partial charge in [0, 0.05) is 30.9 Å². The van der Waals surface area contributed by atoms with E-state index in [1.807, 2.05) is 54.6 Å². The third-order valence-electron chi connectivity index (χ3n) is 5.29.